The van der Waals surface area contributed by atoms with Crippen LogP contribution in [0.4, 0.5) is 11.4 Å². The summed E-state index contributed by atoms with van der Waals surface area (Å²) < 4.78 is 6.30. The molecule has 1 heterocycles. The summed E-state index contributed by atoms with van der Waals surface area (Å²) in [5, 5.41) is 13.8. The van der Waals surface area contributed by atoms with Crippen LogP contribution in [-0.4, -0.2) is 11.2 Å². The molecule has 0 bridgehead atoms. The van der Waals surface area contributed by atoms with Crippen LogP contribution < -0.4 is 5.32 Å². The summed E-state index contributed by atoms with van der Waals surface area (Å²) in [6.45, 7) is 0.533. The topological polar surface area (TPSA) is 68.3 Å². The SMILES string of the molecule is CSCc1ccc(CNc2ccc([N+](=O)[O-])cc2Br)o1. The molecule has 0 saturated heterocycles. The van der Waals surface area contributed by atoms with E-state index in [1.54, 1.807) is 17.8 Å². The highest BCUT2D eigenvalue weighted by atomic mass is 79.9. The summed E-state index contributed by atoms with van der Waals surface area (Å²) in [5.41, 5.74) is 0.848. The fourth-order valence-corrected chi connectivity index (χ4v) is 2.63. The Morgan fingerprint density at radius 2 is 2.10 bits per heavy atom. The zero-order valence-corrected chi connectivity index (χ0v) is 13.2. The highest BCUT2D eigenvalue weighted by Crippen LogP contribution is 2.27. The van der Waals surface area contributed by atoms with Crippen LogP contribution in [0, 0.1) is 10.1 Å². The average Bonchev–Trinajstić information content (AvgIpc) is 2.85. The van der Waals surface area contributed by atoms with Gasteiger partial charge in [-0.3, -0.25) is 10.1 Å². The molecule has 0 aliphatic rings. The number of anilines is 1. The van der Waals surface area contributed by atoms with Crippen LogP contribution >= 0.6 is 27.7 Å². The molecule has 0 spiro atoms. The van der Waals surface area contributed by atoms with Crippen LogP contribution in [0.3, 0.4) is 0 Å². The molecule has 20 heavy (non-hydrogen) atoms. The number of hydrogen-bond acceptors (Lipinski definition) is 5. The van der Waals surface area contributed by atoms with Gasteiger partial charge in [-0.1, -0.05) is 0 Å². The van der Waals surface area contributed by atoms with Gasteiger partial charge in [-0.05, 0) is 40.4 Å². The molecule has 5 nitrogen and oxygen atoms in total. The van der Waals surface area contributed by atoms with Crippen molar-refractivity contribution in [2.45, 2.75) is 12.3 Å². The minimum absolute atomic E-state index is 0.0580. The van der Waals surface area contributed by atoms with Crippen molar-refractivity contribution < 1.29 is 9.34 Å². The predicted octanol–water partition coefficient (Wildman–Crippen LogP) is 4.43. The second-order valence-electron chi connectivity index (χ2n) is 4.08. The summed E-state index contributed by atoms with van der Waals surface area (Å²) in [7, 11) is 0. The van der Waals surface area contributed by atoms with Gasteiger partial charge in [-0.15, -0.1) is 0 Å². The molecule has 7 heteroatoms. The minimum Gasteiger partial charge on any atom is -0.463 e. The molecule has 0 atom stereocenters. The number of hydrogen-bond donors (Lipinski definition) is 1. The van der Waals surface area contributed by atoms with Crippen molar-refractivity contribution in [2.24, 2.45) is 0 Å². The van der Waals surface area contributed by atoms with Gasteiger partial charge in [0, 0.05) is 22.3 Å². The molecule has 106 valence electrons. The first-order chi connectivity index (χ1) is 9.60. The molecule has 0 fully saturated rings. The van der Waals surface area contributed by atoms with Crippen LogP contribution in [0.2, 0.25) is 0 Å². The summed E-state index contributed by atoms with van der Waals surface area (Å²) in [6, 6.07) is 8.50. The van der Waals surface area contributed by atoms with Crippen molar-refractivity contribution >= 4 is 39.1 Å². The first kappa shape index (κ1) is 14.9. The molecule has 0 aliphatic carbocycles. The predicted molar refractivity (Wildman–Crippen MR) is 84.1 cm³/mol. The van der Waals surface area contributed by atoms with Crippen LogP contribution in [0.5, 0.6) is 0 Å². The molecule has 2 rings (SSSR count). The third-order valence-corrected chi connectivity index (χ3v) is 3.85. The second kappa shape index (κ2) is 6.81. The van der Waals surface area contributed by atoms with Crippen molar-refractivity contribution in [3.63, 3.8) is 0 Å². The lowest BCUT2D eigenvalue weighted by atomic mass is 10.3. The summed E-state index contributed by atoms with van der Waals surface area (Å²) in [5.74, 6) is 2.62. The Labute approximate surface area is 129 Å². The van der Waals surface area contributed by atoms with E-state index in [9.17, 15) is 10.1 Å². The van der Waals surface area contributed by atoms with Crippen molar-refractivity contribution in [1.29, 1.82) is 0 Å². The van der Waals surface area contributed by atoms with E-state index in [1.165, 1.54) is 12.1 Å². The zero-order valence-electron chi connectivity index (χ0n) is 10.8. The fourth-order valence-electron chi connectivity index (χ4n) is 1.68. The lowest BCUT2D eigenvalue weighted by Crippen LogP contribution is -1.99. The van der Waals surface area contributed by atoms with Crippen LogP contribution in [0.25, 0.3) is 0 Å². The highest BCUT2D eigenvalue weighted by molar-refractivity contribution is 9.10. The number of thioether (sulfide) groups is 1. The van der Waals surface area contributed by atoms with Gasteiger partial charge in [0.25, 0.3) is 5.69 Å². The Balaban J connectivity index is 2.01. The summed E-state index contributed by atoms with van der Waals surface area (Å²) in [6.07, 6.45) is 2.02. The number of nitrogens with one attached hydrogen (secondary N) is 1. The molecular weight excluding hydrogens is 344 g/mol. The van der Waals surface area contributed by atoms with E-state index in [-0.39, 0.29) is 5.69 Å². The normalized spacial score (nSPS) is 10.5. The Morgan fingerprint density at radius 3 is 2.75 bits per heavy atom. The Bertz CT molecular complexity index is 615. The Morgan fingerprint density at radius 1 is 1.35 bits per heavy atom. The average molecular weight is 357 g/mol. The molecule has 1 N–H and O–H groups in total. The molecule has 2 aromatic rings. The van der Waals surface area contributed by atoms with E-state index in [2.05, 4.69) is 21.2 Å². The number of furan rings is 1. The fraction of sp³-hybridized carbons (Fsp3) is 0.231. The van der Waals surface area contributed by atoms with Crippen molar-refractivity contribution in [1.82, 2.24) is 0 Å². The van der Waals surface area contributed by atoms with Crippen molar-refractivity contribution in [2.75, 3.05) is 11.6 Å². The quantitative estimate of drug-likeness (QED) is 0.612. The van der Waals surface area contributed by atoms with E-state index in [0.29, 0.717) is 11.0 Å². The number of benzene rings is 1. The van der Waals surface area contributed by atoms with Gasteiger partial charge in [0.05, 0.1) is 17.2 Å². The largest absolute Gasteiger partial charge is 0.463 e. The minimum atomic E-state index is -0.421. The second-order valence-corrected chi connectivity index (χ2v) is 5.80. The van der Waals surface area contributed by atoms with Gasteiger partial charge in [-0.2, -0.15) is 11.8 Å². The van der Waals surface area contributed by atoms with Gasteiger partial charge in [0.1, 0.15) is 11.5 Å². The van der Waals surface area contributed by atoms with Gasteiger partial charge in [0.2, 0.25) is 0 Å². The molecular formula is C13H13BrN2O3S. The maximum Gasteiger partial charge on any atom is 0.270 e. The van der Waals surface area contributed by atoms with E-state index in [1.807, 2.05) is 18.4 Å². The standard InChI is InChI=1S/C13H13BrN2O3S/c1-20-8-11-4-3-10(19-11)7-15-13-5-2-9(16(17)18)6-12(13)14/h2-6,15H,7-8H2,1H3. The summed E-state index contributed by atoms with van der Waals surface area (Å²) in [4.78, 5) is 10.2. The number of nitrogens with zero attached hydrogens (tertiary/aromatic N) is 1. The maximum absolute atomic E-state index is 10.7. The molecule has 1 aromatic carbocycles. The molecule has 1 aromatic heterocycles. The van der Waals surface area contributed by atoms with Gasteiger partial charge in [-0.25, -0.2) is 0 Å². The van der Waals surface area contributed by atoms with Crippen molar-refractivity contribution in [3.8, 4) is 0 Å². The zero-order chi connectivity index (χ0) is 14.5. The van der Waals surface area contributed by atoms with E-state index < -0.39 is 4.92 Å². The lowest BCUT2D eigenvalue weighted by molar-refractivity contribution is -0.384. The Kier molecular flexibility index (Phi) is 5.08. The van der Waals surface area contributed by atoms with E-state index in [4.69, 9.17) is 4.42 Å². The first-order valence-electron chi connectivity index (χ1n) is 5.84. The highest BCUT2D eigenvalue weighted by Gasteiger charge is 2.09. The molecule has 0 unspecified atom stereocenters. The monoisotopic (exact) mass is 356 g/mol. The third-order valence-electron chi connectivity index (χ3n) is 2.62. The van der Waals surface area contributed by atoms with Crippen LogP contribution in [0.15, 0.2) is 39.2 Å². The van der Waals surface area contributed by atoms with Crippen LogP contribution in [-0.2, 0) is 12.3 Å². The van der Waals surface area contributed by atoms with Gasteiger partial charge in [0.15, 0.2) is 0 Å². The molecule has 0 radical (unpaired) electrons. The Hall–Kier alpha value is -1.47. The molecule has 0 saturated carbocycles. The first-order valence-corrected chi connectivity index (χ1v) is 8.03. The smallest absolute Gasteiger partial charge is 0.270 e. The number of rotatable bonds is 6. The number of nitro groups is 1. The number of halogens is 1. The maximum atomic E-state index is 10.7. The lowest BCUT2D eigenvalue weighted by Gasteiger charge is -2.06. The number of non-ortho nitro benzene ring substituents is 1. The van der Waals surface area contributed by atoms with Crippen molar-refractivity contribution in [3.05, 3.63) is 56.4 Å². The van der Waals surface area contributed by atoms with Crippen LogP contribution in [0.1, 0.15) is 11.5 Å². The van der Waals surface area contributed by atoms with Gasteiger partial charge >= 0.3 is 0 Å². The third kappa shape index (κ3) is 3.77. The number of nitro benzene ring substituents is 1. The molecule has 0 amide bonds. The summed E-state index contributed by atoms with van der Waals surface area (Å²) >= 11 is 5.02. The van der Waals surface area contributed by atoms with E-state index in [0.717, 1.165) is 23.0 Å². The molecule has 0 aliphatic heterocycles. The van der Waals surface area contributed by atoms with E-state index >= 15 is 0 Å². The van der Waals surface area contributed by atoms with Gasteiger partial charge < -0.3 is 9.73 Å².